The van der Waals surface area contributed by atoms with Crippen LogP contribution in [-0.4, -0.2) is 28.9 Å². The van der Waals surface area contributed by atoms with Crippen molar-refractivity contribution in [2.45, 2.75) is 0 Å². The summed E-state index contributed by atoms with van der Waals surface area (Å²) in [6.07, 6.45) is 1.79. The molecule has 0 unspecified atom stereocenters. The van der Waals surface area contributed by atoms with Crippen molar-refractivity contribution in [1.82, 2.24) is 5.32 Å². The van der Waals surface area contributed by atoms with Gasteiger partial charge in [-0.1, -0.05) is 17.7 Å². The van der Waals surface area contributed by atoms with Crippen molar-refractivity contribution in [3.63, 3.8) is 0 Å². The number of halogens is 1. The molecular weight excluding hydrogens is 288 g/mol. The van der Waals surface area contributed by atoms with Gasteiger partial charge in [-0.3, -0.25) is 14.9 Å². The molecule has 1 rings (SSSR count). The number of amides is 1. The molecule has 0 saturated carbocycles. The average molecular weight is 301 g/mol. The highest BCUT2D eigenvalue weighted by molar-refractivity contribution is 7.99. The maximum atomic E-state index is 11.8. The molecule has 102 valence electrons. The lowest BCUT2D eigenvalue weighted by molar-refractivity contribution is -0.384. The van der Waals surface area contributed by atoms with Gasteiger partial charge in [0.1, 0.15) is 5.02 Å². The molecule has 0 fully saturated rings. The Morgan fingerprint density at radius 3 is 2.95 bits per heavy atom. The second kappa shape index (κ2) is 7.81. The van der Waals surface area contributed by atoms with E-state index in [2.05, 4.69) is 11.9 Å². The van der Waals surface area contributed by atoms with E-state index in [1.807, 2.05) is 0 Å². The molecule has 1 aromatic rings. The van der Waals surface area contributed by atoms with Crippen molar-refractivity contribution in [3.8, 4) is 0 Å². The van der Waals surface area contributed by atoms with Crippen LogP contribution in [0, 0.1) is 10.1 Å². The maximum absolute atomic E-state index is 11.8. The SMILES string of the molecule is C=CCSCCNC(=O)c1ccc(Cl)c([N+](=O)[O-])c1. The molecule has 0 aromatic heterocycles. The fraction of sp³-hybridized carbons (Fsp3) is 0.250. The lowest BCUT2D eigenvalue weighted by Gasteiger charge is -2.05. The summed E-state index contributed by atoms with van der Waals surface area (Å²) in [5, 5.41) is 13.4. The van der Waals surface area contributed by atoms with Crippen molar-refractivity contribution < 1.29 is 9.72 Å². The Kier molecular flexibility index (Phi) is 6.38. The van der Waals surface area contributed by atoms with Crippen LogP contribution in [0.5, 0.6) is 0 Å². The molecule has 1 amide bonds. The predicted octanol–water partition coefficient (Wildman–Crippen LogP) is 2.90. The molecule has 0 atom stereocenters. The van der Waals surface area contributed by atoms with E-state index in [-0.39, 0.29) is 22.2 Å². The molecule has 7 heteroatoms. The Balaban J connectivity index is 2.60. The molecule has 0 spiro atoms. The van der Waals surface area contributed by atoms with Crippen LogP contribution in [0.3, 0.4) is 0 Å². The summed E-state index contributed by atoms with van der Waals surface area (Å²) in [5.74, 6) is 1.23. The van der Waals surface area contributed by atoms with E-state index < -0.39 is 4.92 Å². The number of carbonyl (C=O) groups excluding carboxylic acids is 1. The van der Waals surface area contributed by atoms with Crippen LogP contribution in [-0.2, 0) is 0 Å². The van der Waals surface area contributed by atoms with E-state index in [4.69, 9.17) is 11.6 Å². The highest BCUT2D eigenvalue weighted by Crippen LogP contribution is 2.24. The smallest absolute Gasteiger partial charge is 0.288 e. The van der Waals surface area contributed by atoms with Gasteiger partial charge in [-0.2, -0.15) is 11.8 Å². The summed E-state index contributed by atoms with van der Waals surface area (Å²) < 4.78 is 0. The molecule has 0 saturated heterocycles. The zero-order valence-corrected chi connectivity index (χ0v) is 11.7. The standard InChI is InChI=1S/C12H13ClN2O3S/c1-2-6-19-7-5-14-12(16)9-3-4-10(13)11(8-9)15(17)18/h2-4,8H,1,5-7H2,(H,14,16). The Morgan fingerprint density at radius 1 is 1.58 bits per heavy atom. The normalized spacial score (nSPS) is 9.95. The van der Waals surface area contributed by atoms with Crippen LogP contribution >= 0.6 is 23.4 Å². The summed E-state index contributed by atoms with van der Waals surface area (Å²) >= 11 is 7.31. The highest BCUT2D eigenvalue weighted by atomic mass is 35.5. The minimum absolute atomic E-state index is 0.0167. The molecule has 0 aliphatic rings. The summed E-state index contributed by atoms with van der Waals surface area (Å²) in [5.41, 5.74) is -0.0415. The van der Waals surface area contributed by atoms with E-state index in [9.17, 15) is 14.9 Å². The lowest BCUT2D eigenvalue weighted by atomic mass is 10.2. The van der Waals surface area contributed by atoms with Crippen LogP contribution in [0.1, 0.15) is 10.4 Å². The number of hydrogen-bond donors (Lipinski definition) is 1. The molecule has 0 bridgehead atoms. The minimum atomic E-state index is -0.612. The monoisotopic (exact) mass is 300 g/mol. The fourth-order valence-electron chi connectivity index (χ4n) is 1.30. The highest BCUT2D eigenvalue weighted by Gasteiger charge is 2.15. The topological polar surface area (TPSA) is 72.2 Å². The molecule has 0 aliphatic heterocycles. The van der Waals surface area contributed by atoms with Crippen molar-refractivity contribution in [3.05, 3.63) is 51.6 Å². The lowest BCUT2D eigenvalue weighted by Crippen LogP contribution is -2.25. The van der Waals surface area contributed by atoms with Crippen LogP contribution in [0.25, 0.3) is 0 Å². The van der Waals surface area contributed by atoms with E-state index in [1.54, 1.807) is 17.8 Å². The van der Waals surface area contributed by atoms with Gasteiger partial charge < -0.3 is 5.32 Å². The minimum Gasteiger partial charge on any atom is -0.351 e. The van der Waals surface area contributed by atoms with Gasteiger partial charge in [-0.25, -0.2) is 0 Å². The number of nitrogens with one attached hydrogen (secondary N) is 1. The number of nitro groups is 1. The molecular formula is C12H13ClN2O3S. The number of benzene rings is 1. The molecule has 5 nitrogen and oxygen atoms in total. The van der Waals surface area contributed by atoms with Gasteiger partial charge >= 0.3 is 0 Å². The summed E-state index contributed by atoms with van der Waals surface area (Å²) in [6.45, 7) is 4.08. The molecule has 1 aromatic carbocycles. The van der Waals surface area contributed by atoms with E-state index in [0.717, 1.165) is 11.5 Å². The van der Waals surface area contributed by atoms with Gasteiger partial charge in [0, 0.05) is 29.7 Å². The summed E-state index contributed by atoms with van der Waals surface area (Å²) in [6, 6.07) is 3.98. The van der Waals surface area contributed by atoms with Crippen molar-refractivity contribution in [2.24, 2.45) is 0 Å². The largest absolute Gasteiger partial charge is 0.351 e. The molecule has 0 aliphatic carbocycles. The first-order valence-electron chi connectivity index (χ1n) is 5.47. The van der Waals surface area contributed by atoms with E-state index >= 15 is 0 Å². The third-order valence-electron chi connectivity index (χ3n) is 2.17. The third-order valence-corrected chi connectivity index (χ3v) is 3.46. The van der Waals surface area contributed by atoms with Crippen LogP contribution in [0.2, 0.25) is 5.02 Å². The van der Waals surface area contributed by atoms with Gasteiger partial charge in [0.2, 0.25) is 0 Å². The third kappa shape index (κ3) is 4.92. The average Bonchev–Trinajstić information content (AvgIpc) is 2.38. The zero-order chi connectivity index (χ0) is 14.3. The second-order valence-electron chi connectivity index (χ2n) is 3.54. The molecule has 19 heavy (non-hydrogen) atoms. The number of thioether (sulfide) groups is 1. The number of hydrogen-bond acceptors (Lipinski definition) is 4. The van der Waals surface area contributed by atoms with Gasteiger partial charge in [0.05, 0.1) is 4.92 Å². The van der Waals surface area contributed by atoms with Gasteiger partial charge in [-0.05, 0) is 12.1 Å². The Bertz CT molecular complexity index is 494. The first kappa shape index (κ1) is 15.5. The van der Waals surface area contributed by atoms with Crippen molar-refractivity contribution in [1.29, 1.82) is 0 Å². The number of nitrogens with zero attached hydrogens (tertiary/aromatic N) is 1. The van der Waals surface area contributed by atoms with Crippen LogP contribution in [0.4, 0.5) is 5.69 Å². The summed E-state index contributed by atoms with van der Waals surface area (Å²) in [7, 11) is 0. The Morgan fingerprint density at radius 2 is 2.32 bits per heavy atom. The second-order valence-corrected chi connectivity index (χ2v) is 5.10. The van der Waals surface area contributed by atoms with Crippen molar-refractivity contribution in [2.75, 3.05) is 18.1 Å². The Hall–Kier alpha value is -1.53. The predicted molar refractivity (Wildman–Crippen MR) is 78.0 cm³/mol. The van der Waals surface area contributed by atoms with Gasteiger partial charge in [-0.15, -0.1) is 6.58 Å². The fourth-order valence-corrected chi connectivity index (χ4v) is 2.07. The number of carbonyl (C=O) groups is 1. The molecule has 0 radical (unpaired) electrons. The van der Waals surface area contributed by atoms with Crippen LogP contribution < -0.4 is 5.32 Å². The first-order valence-corrected chi connectivity index (χ1v) is 7.00. The number of rotatable bonds is 7. The van der Waals surface area contributed by atoms with Gasteiger partial charge in [0.15, 0.2) is 0 Å². The van der Waals surface area contributed by atoms with Crippen molar-refractivity contribution >= 4 is 35.0 Å². The zero-order valence-electron chi connectivity index (χ0n) is 10.1. The first-order chi connectivity index (χ1) is 9.06. The maximum Gasteiger partial charge on any atom is 0.288 e. The van der Waals surface area contributed by atoms with Gasteiger partial charge in [0.25, 0.3) is 11.6 Å². The molecule has 0 heterocycles. The Labute approximate surface area is 120 Å². The quantitative estimate of drug-likeness (QED) is 0.364. The molecule has 1 N–H and O–H groups in total. The van der Waals surface area contributed by atoms with E-state index in [0.29, 0.717) is 6.54 Å². The van der Waals surface area contributed by atoms with Crippen LogP contribution in [0.15, 0.2) is 30.9 Å². The summed E-state index contributed by atoms with van der Waals surface area (Å²) in [4.78, 5) is 21.9. The number of nitro benzene ring substituents is 1. The van der Waals surface area contributed by atoms with E-state index in [1.165, 1.54) is 18.2 Å².